The Balaban J connectivity index is 1.40. The van der Waals surface area contributed by atoms with Crippen LogP contribution < -0.4 is 14.9 Å². The number of nitrogens with zero attached hydrogens (tertiary/aromatic N) is 6. The van der Waals surface area contributed by atoms with Gasteiger partial charge in [-0.1, -0.05) is 62.4 Å². The number of likely N-dealkylation sites (N-methyl/N-ethyl adjacent to an activating group) is 1. The van der Waals surface area contributed by atoms with Gasteiger partial charge in [0.15, 0.2) is 0 Å². The summed E-state index contributed by atoms with van der Waals surface area (Å²) in [5, 5.41) is 1.56. The number of nitrogens with two attached hydrogens (primary N) is 1. The molecule has 264 valence electrons. The van der Waals surface area contributed by atoms with Gasteiger partial charge in [-0.3, -0.25) is 4.31 Å². The highest BCUT2D eigenvalue weighted by molar-refractivity contribution is 7.93. The summed E-state index contributed by atoms with van der Waals surface area (Å²) in [6, 6.07) is 24.5. The molecule has 0 fully saturated rings. The molecule has 1 aromatic heterocycles. The smallest absolute Gasteiger partial charge is 0.435 e. The summed E-state index contributed by atoms with van der Waals surface area (Å²) in [5.74, 6) is 1.20. The lowest BCUT2D eigenvalue weighted by Gasteiger charge is -2.27. The minimum atomic E-state index is -3.95. The van der Waals surface area contributed by atoms with E-state index in [9.17, 15) is 13.2 Å². The minimum absolute atomic E-state index is 0.108. The number of hydrogen-bond donors (Lipinski definition) is 1. The van der Waals surface area contributed by atoms with Crippen molar-refractivity contribution in [3.8, 4) is 0 Å². The highest BCUT2D eigenvalue weighted by Gasteiger charge is 2.28. The number of fused-ring (bicyclic) bond motifs is 2. The molecular formula is C38H47N7O4S. The number of rotatable bonds is 13. The standard InChI is InChI=1S/C38H47N7O4S/c1-26(2)25-49-38(46)41-37(39)28-17-14-27(15-18-28)16-21-36-40-32-24-29(19-20-34(32)44(36)7)45(23-22-42(3)4)50(47,48)35-13-9-10-30-31(35)11-8-12-33(30)43(5)6/h8-15,17-20,24,26H,16,21-23,25H2,1-7H3,(H2,39,41,46). The van der Waals surface area contributed by atoms with Crippen molar-refractivity contribution in [1.82, 2.24) is 14.5 Å². The molecule has 12 heteroatoms. The summed E-state index contributed by atoms with van der Waals surface area (Å²) in [4.78, 5) is 25.0. The van der Waals surface area contributed by atoms with Gasteiger partial charge < -0.3 is 24.8 Å². The Hall–Kier alpha value is -4.94. The van der Waals surface area contributed by atoms with Crippen molar-refractivity contribution in [3.63, 3.8) is 0 Å². The van der Waals surface area contributed by atoms with E-state index in [1.807, 2.05) is 136 Å². The summed E-state index contributed by atoms with van der Waals surface area (Å²) < 4.78 is 37.7. The lowest BCUT2D eigenvalue weighted by atomic mass is 10.1. The molecule has 0 unspecified atom stereocenters. The highest BCUT2D eigenvalue weighted by atomic mass is 32.2. The molecule has 5 aromatic rings. The van der Waals surface area contributed by atoms with Gasteiger partial charge in [-0.25, -0.2) is 18.2 Å². The molecule has 0 saturated carbocycles. The van der Waals surface area contributed by atoms with Crippen LogP contribution in [-0.4, -0.2) is 82.7 Å². The number of ether oxygens (including phenoxy) is 1. The number of amidine groups is 1. The van der Waals surface area contributed by atoms with Gasteiger partial charge in [0, 0.05) is 62.7 Å². The molecule has 0 aliphatic rings. The molecule has 5 rings (SSSR count). The van der Waals surface area contributed by atoms with Crippen LogP contribution in [0.15, 0.2) is 88.8 Å². The molecule has 2 N–H and O–H groups in total. The van der Waals surface area contributed by atoms with E-state index in [1.165, 1.54) is 4.31 Å². The van der Waals surface area contributed by atoms with Crippen LogP contribution in [0.1, 0.15) is 30.8 Å². The predicted molar refractivity (Wildman–Crippen MR) is 203 cm³/mol. The average molecular weight is 698 g/mol. The number of aryl methyl sites for hydroxylation is 3. The maximum Gasteiger partial charge on any atom is 0.435 e. The van der Waals surface area contributed by atoms with Gasteiger partial charge in [0.2, 0.25) is 0 Å². The van der Waals surface area contributed by atoms with Crippen molar-refractivity contribution in [2.75, 3.05) is 57.1 Å². The number of aromatic nitrogens is 2. The third kappa shape index (κ3) is 8.09. The maximum atomic E-state index is 14.5. The number of anilines is 2. The van der Waals surface area contributed by atoms with Crippen molar-refractivity contribution in [2.45, 2.75) is 31.6 Å². The zero-order chi connectivity index (χ0) is 36.2. The summed E-state index contributed by atoms with van der Waals surface area (Å²) in [5.41, 5.74) is 10.9. The van der Waals surface area contributed by atoms with E-state index in [1.54, 1.807) is 6.07 Å². The molecule has 0 aliphatic heterocycles. The van der Waals surface area contributed by atoms with Gasteiger partial charge in [0.05, 0.1) is 28.2 Å². The van der Waals surface area contributed by atoms with Crippen molar-refractivity contribution in [2.24, 2.45) is 23.7 Å². The van der Waals surface area contributed by atoms with Crippen LogP contribution >= 0.6 is 0 Å². The first-order chi connectivity index (χ1) is 23.8. The number of benzene rings is 4. The Labute approximate surface area is 295 Å². The van der Waals surface area contributed by atoms with E-state index in [0.717, 1.165) is 39.9 Å². The largest absolute Gasteiger partial charge is 0.448 e. The predicted octanol–water partition coefficient (Wildman–Crippen LogP) is 5.83. The van der Waals surface area contributed by atoms with Crippen LogP contribution in [0, 0.1) is 5.92 Å². The molecule has 11 nitrogen and oxygen atoms in total. The van der Waals surface area contributed by atoms with Crippen molar-refractivity contribution in [1.29, 1.82) is 0 Å². The third-order valence-corrected chi connectivity index (χ3v) is 10.4. The summed E-state index contributed by atoms with van der Waals surface area (Å²) in [7, 11) is 5.79. The summed E-state index contributed by atoms with van der Waals surface area (Å²) in [6.07, 6.45) is 0.686. The summed E-state index contributed by atoms with van der Waals surface area (Å²) >= 11 is 0. The number of hydrogen-bond acceptors (Lipinski definition) is 7. The first-order valence-corrected chi connectivity index (χ1v) is 18.1. The van der Waals surface area contributed by atoms with E-state index >= 15 is 0 Å². The molecule has 0 aliphatic carbocycles. The van der Waals surface area contributed by atoms with E-state index in [4.69, 9.17) is 15.5 Å². The Bertz CT molecular complexity index is 2120. The topological polar surface area (TPSA) is 126 Å². The SMILES string of the molecule is CC(C)COC(=O)/N=C(\N)c1ccc(CCc2nc3cc(N(CCN(C)C)S(=O)(=O)c4cccc5c(N(C)C)cccc45)ccc3n2C)cc1. The first-order valence-electron chi connectivity index (χ1n) is 16.7. The van der Waals surface area contributed by atoms with Gasteiger partial charge in [-0.05, 0) is 62.3 Å². The Morgan fingerprint density at radius 2 is 1.62 bits per heavy atom. The molecule has 4 aromatic carbocycles. The fourth-order valence-corrected chi connectivity index (χ4v) is 7.48. The number of carbonyl (C=O) groups excluding carboxylic acids is 1. The van der Waals surface area contributed by atoms with Crippen molar-refractivity contribution in [3.05, 3.63) is 95.8 Å². The molecular weight excluding hydrogens is 651 g/mol. The maximum absolute atomic E-state index is 14.5. The van der Waals surface area contributed by atoms with Crippen molar-refractivity contribution < 1.29 is 17.9 Å². The Morgan fingerprint density at radius 3 is 2.30 bits per heavy atom. The van der Waals surface area contributed by atoms with Gasteiger partial charge in [0.1, 0.15) is 11.7 Å². The van der Waals surface area contributed by atoms with E-state index in [0.29, 0.717) is 29.6 Å². The normalized spacial score (nSPS) is 12.3. The zero-order valence-electron chi connectivity index (χ0n) is 29.9. The third-order valence-electron chi connectivity index (χ3n) is 8.54. The fourth-order valence-electron chi connectivity index (χ4n) is 5.83. The lowest BCUT2D eigenvalue weighted by molar-refractivity contribution is 0.143. The van der Waals surface area contributed by atoms with Gasteiger partial charge in [-0.15, -0.1) is 0 Å². The molecule has 1 heterocycles. The summed E-state index contributed by atoms with van der Waals surface area (Å²) in [6.45, 7) is 5.00. The van der Waals surface area contributed by atoms with E-state index in [-0.39, 0.29) is 29.8 Å². The molecule has 50 heavy (non-hydrogen) atoms. The van der Waals surface area contributed by atoms with Crippen molar-refractivity contribution >= 4 is 55.1 Å². The van der Waals surface area contributed by atoms with Crippen LogP contribution in [0.2, 0.25) is 0 Å². The fraction of sp³-hybridized carbons (Fsp3) is 0.342. The highest BCUT2D eigenvalue weighted by Crippen LogP contribution is 2.34. The van der Waals surface area contributed by atoms with Gasteiger partial charge >= 0.3 is 6.09 Å². The second-order valence-corrected chi connectivity index (χ2v) is 15.2. The molecule has 0 radical (unpaired) electrons. The molecule has 1 amide bonds. The monoisotopic (exact) mass is 697 g/mol. The second-order valence-electron chi connectivity index (χ2n) is 13.3. The molecule has 0 bridgehead atoms. The lowest BCUT2D eigenvalue weighted by Crippen LogP contribution is -2.36. The molecule has 0 saturated heterocycles. The Morgan fingerprint density at radius 1 is 0.920 bits per heavy atom. The van der Waals surface area contributed by atoms with Crippen LogP contribution in [0.3, 0.4) is 0 Å². The van der Waals surface area contributed by atoms with Crippen LogP contribution in [-0.2, 0) is 34.6 Å². The van der Waals surface area contributed by atoms with E-state index < -0.39 is 16.1 Å². The zero-order valence-corrected chi connectivity index (χ0v) is 30.7. The van der Waals surface area contributed by atoms with Crippen LogP contribution in [0.5, 0.6) is 0 Å². The number of aliphatic imine (C=N–C) groups is 1. The minimum Gasteiger partial charge on any atom is -0.448 e. The van der Waals surface area contributed by atoms with Gasteiger partial charge in [0.25, 0.3) is 10.0 Å². The number of sulfonamides is 1. The quantitative estimate of drug-likeness (QED) is 0.120. The van der Waals surface area contributed by atoms with Gasteiger partial charge in [-0.2, -0.15) is 4.99 Å². The average Bonchev–Trinajstić information content (AvgIpc) is 3.39. The second kappa shape index (κ2) is 15.3. The van der Waals surface area contributed by atoms with Crippen LogP contribution in [0.4, 0.5) is 16.2 Å². The molecule has 0 spiro atoms. The first kappa shape index (κ1) is 36.3. The number of amides is 1. The number of imidazole rings is 1. The van der Waals surface area contributed by atoms with Crippen LogP contribution in [0.25, 0.3) is 21.8 Å². The Kier molecular flexibility index (Phi) is 11.1. The molecule has 0 atom stereocenters. The van der Waals surface area contributed by atoms with E-state index in [2.05, 4.69) is 4.99 Å². The number of carbonyl (C=O) groups is 1.